The first kappa shape index (κ1) is 14.3. The molecule has 1 heterocycles. The van der Waals surface area contributed by atoms with E-state index in [0.717, 1.165) is 16.0 Å². The third-order valence-corrected chi connectivity index (χ3v) is 6.39. The van der Waals surface area contributed by atoms with Gasteiger partial charge in [-0.15, -0.1) is 11.3 Å². The zero-order chi connectivity index (χ0) is 14.0. The lowest BCUT2D eigenvalue weighted by Crippen LogP contribution is -2.32. The lowest BCUT2D eigenvalue weighted by molar-refractivity contribution is 0.571. The van der Waals surface area contributed by atoms with Crippen molar-refractivity contribution in [2.75, 3.05) is 0 Å². The van der Waals surface area contributed by atoms with E-state index in [9.17, 15) is 8.42 Å². The Morgan fingerprint density at radius 3 is 2.74 bits per heavy atom. The number of hydrogen-bond acceptors (Lipinski definition) is 4. The van der Waals surface area contributed by atoms with Gasteiger partial charge < -0.3 is 0 Å². The summed E-state index contributed by atoms with van der Waals surface area (Å²) in [5.74, 6) is 0. The number of rotatable bonds is 4. The highest BCUT2D eigenvalue weighted by Gasteiger charge is 2.25. The van der Waals surface area contributed by atoms with Crippen LogP contribution >= 0.6 is 22.9 Å². The number of hydrogen-bond donors (Lipinski definition) is 1. The summed E-state index contributed by atoms with van der Waals surface area (Å²) in [7, 11) is -3.76. The maximum atomic E-state index is 12.2. The van der Waals surface area contributed by atoms with Crippen LogP contribution in [0.1, 0.15) is 13.3 Å². The Kier molecular flexibility index (Phi) is 4.11. The van der Waals surface area contributed by atoms with Gasteiger partial charge in [-0.25, -0.2) is 8.42 Å². The van der Waals surface area contributed by atoms with E-state index >= 15 is 0 Å². The Morgan fingerprint density at radius 1 is 1.47 bits per heavy atom. The Hall–Kier alpha value is -1.13. The SMILES string of the molecule is CCC(C#N)NS(=O)(=O)c1sc2ccccc2c1Cl. The first-order valence-electron chi connectivity index (χ1n) is 5.58. The molecule has 7 heteroatoms. The number of nitriles is 1. The van der Waals surface area contributed by atoms with Crippen molar-refractivity contribution in [3.05, 3.63) is 29.3 Å². The van der Waals surface area contributed by atoms with Crippen LogP contribution in [0.2, 0.25) is 5.02 Å². The minimum atomic E-state index is -3.76. The fourth-order valence-electron chi connectivity index (χ4n) is 1.61. The molecule has 0 aliphatic carbocycles. The number of fused-ring (bicyclic) bond motifs is 1. The summed E-state index contributed by atoms with van der Waals surface area (Å²) >= 11 is 7.22. The lowest BCUT2D eigenvalue weighted by atomic mass is 10.3. The van der Waals surface area contributed by atoms with Gasteiger partial charge in [-0.3, -0.25) is 0 Å². The maximum Gasteiger partial charge on any atom is 0.252 e. The van der Waals surface area contributed by atoms with Gasteiger partial charge in [-0.05, 0) is 12.5 Å². The quantitative estimate of drug-likeness (QED) is 0.942. The van der Waals surface area contributed by atoms with Gasteiger partial charge in [-0.2, -0.15) is 9.98 Å². The van der Waals surface area contributed by atoms with Gasteiger partial charge >= 0.3 is 0 Å². The summed E-state index contributed by atoms with van der Waals surface area (Å²) in [6, 6.07) is 8.37. The molecule has 0 aliphatic heterocycles. The molecule has 0 bridgehead atoms. The van der Waals surface area contributed by atoms with Gasteiger partial charge in [0, 0.05) is 10.1 Å². The average Bonchev–Trinajstić information content (AvgIpc) is 2.75. The van der Waals surface area contributed by atoms with E-state index in [-0.39, 0.29) is 9.23 Å². The summed E-state index contributed by atoms with van der Waals surface area (Å²) in [4.78, 5) is 0. The molecule has 0 saturated heterocycles. The van der Waals surface area contributed by atoms with Gasteiger partial charge in [0.2, 0.25) is 0 Å². The van der Waals surface area contributed by atoms with Gasteiger partial charge in [0.15, 0.2) is 4.21 Å². The predicted molar refractivity (Wildman–Crippen MR) is 76.8 cm³/mol. The molecule has 0 spiro atoms. The van der Waals surface area contributed by atoms with Crippen LogP contribution in [0, 0.1) is 11.3 Å². The topological polar surface area (TPSA) is 70.0 Å². The Labute approximate surface area is 120 Å². The average molecular weight is 315 g/mol. The molecule has 0 saturated carbocycles. The highest BCUT2D eigenvalue weighted by Crippen LogP contribution is 2.38. The van der Waals surface area contributed by atoms with E-state index in [1.54, 1.807) is 19.1 Å². The van der Waals surface area contributed by atoms with Crippen molar-refractivity contribution in [3.63, 3.8) is 0 Å². The second-order valence-corrected chi connectivity index (χ2v) is 7.25. The lowest BCUT2D eigenvalue weighted by Gasteiger charge is -2.08. The molecule has 19 heavy (non-hydrogen) atoms. The molecule has 1 aromatic carbocycles. The van der Waals surface area contributed by atoms with Crippen LogP contribution in [0.25, 0.3) is 10.1 Å². The Morgan fingerprint density at radius 2 is 2.16 bits per heavy atom. The Balaban J connectivity index is 2.50. The summed E-state index contributed by atoms with van der Waals surface area (Å²) in [6.45, 7) is 1.74. The minimum absolute atomic E-state index is 0.0593. The van der Waals surface area contributed by atoms with E-state index in [1.165, 1.54) is 0 Å². The van der Waals surface area contributed by atoms with Crippen LogP contribution in [0.3, 0.4) is 0 Å². The molecule has 1 unspecified atom stereocenters. The van der Waals surface area contributed by atoms with Crippen molar-refractivity contribution in [2.45, 2.75) is 23.6 Å². The molecule has 0 fully saturated rings. The first-order valence-corrected chi connectivity index (χ1v) is 8.26. The van der Waals surface area contributed by atoms with Crippen LogP contribution in [0.4, 0.5) is 0 Å². The third-order valence-electron chi connectivity index (χ3n) is 2.61. The van der Waals surface area contributed by atoms with Gasteiger partial charge in [-0.1, -0.05) is 36.7 Å². The predicted octanol–water partition coefficient (Wildman–Crippen LogP) is 3.14. The van der Waals surface area contributed by atoms with E-state index in [2.05, 4.69) is 4.72 Å². The van der Waals surface area contributed by atoms with Crippen molar-refractivity contribution < 1.29 is 8.42 Å². The van der Waals surface area contributed by atoms with E-state index in [4.69, 9.17) is 16.9 Å². The molecule has 1 N–H and O–H groups in total. The van der Waals surface area contributed by atoms with Gasteiger partial charge in [0.25, 0.3) is 10.0 Å². The van der Waals surface area contributed by atoms with E-state index in [1.807, 2.05) is 18.2 Å². The summed E-state index contributed by atoms with van der Waals surface area (Å²) < 4.78 is 27.6. The fraction of sp³-hybridized carbons (Fsp3) is 0.250. The number of thiophene rings is 1. The summed E-state index contributed by atoms with van der Waals surface area (Å²) in [5.41, 5.74) is 0. The second-order valence-electron chi connectivity index (χ2n) is 3.91. The summed E-state index contributed by atoms with van der Waals surface area (Å²) in [6.07, 6.45) is 0.401. The van der Waals surface area contributed by atoms with Crippen LogP contribution in [-0.2, 0) is 10.0 Å². The third kappa shape index (κ3) is 2.74. The zero-order valence-electron chi connectivity index (χ0n) is 10.1. The molecule has 0 amide bonds. The Bertz CT molecular complexity index is 747. The summed E-state index contributed by atoms with van der Waals surface area (Å²) in [5, 5.41) is 9.76. The second kappa shape index (κ2) is 5.47. The zero-order valence-corrected chi connectivity index (χ0v) is 12.4. The van der Waals surface area contributed by atoms with E-state index < -0.39 is 16.1 Å². The molecule has 1 atom stereocenters. The van der Waals surface area contributed by atoms with Crippen molar-refractivity contribution in [1.29, 1.82) is 5.26 Å². The number of nitrogens with one attached hydrogen (secondary N) is 1. The van der Waals surface area contributed by atoms with Crippen molar-refractivity contribution in [3.8, 4) is 6.07 Å². The standard InChI is InChI=1S/C12H11ClN2O2S2/c1-2-8(7-14)15-19(16,17)12-11(13)9-5-3-4-6-10(9)18-12/h3-6,8,15H,2H2,1H3. The molecule has 2 rings (SSSR count). The smallest absolute Gasteiger partial charge is 0.206 e. The minimum Gasteiger partial charge on any atom is -0.206 e. The molecule has 2 aromatic rings. The number of sulfonamides is 1. The molecular formula is C12H11ClN2O2S2. The molecule has 1 aromatic heterocycles. The molecule has 0 aliphatic rings. The fourth-order valence-corrected chi connectivity index (χ4v) is 4.97. The van der Waals surface area contributed by atoms with Gasteiger partial charge in [0.05, 0.1) is 11.1 Å². The maximum absolute atomic E-state index is 12.2. The number of halogens is 1. The first-order chi connectivity index (χ1) is 8.99. The van der Waals surface area contributed by atoms with Crippen LogP contribution in [0.15, 0.2) is 28.5 Å². The monoisotopic (exact) mass is 314 g/mol. The molecule has 0 radical (unpaired) electrons. The van der Waals surface area contributed by atoms with Crippen LogP contribution in [0.5, 0.6) is 0 Å². The largest absolute Gasteiger partial charge is 0.252 e. The highest BCUT2D eigenvalue weighted by atomic mass is 35.5. The molecular weight excluding hydrogens is 304 g/mol. The molecule has 100 valence electrons. The normalized spacial score (nSPS) is 13.3. The number of nitrogens with zero attached hydrogens (tertiary/aromatic N) is 1. The molecule has 4 nitrogen and oxygen atoms in total. The number of benzene rings is 1. The van der Waals surface area contributed by atoms with Crippen molar-refractivity contribution >= 4 is 43.0 Å². The van der Waals surface area contributed by atoms with Crippen LogP contribution in [-0.4, -0.2) is 14.5 Å². The van der Waals surface area contributed by atoms with Crippen LogP contribution < -0.4 is 4.72 Å². The van der Waals surface area contributed by atoms with Gasteiger partial charge in [0.1, 0.15) is 6.04 Å². The highest BCUT2D eigenvalue weighted by molar-refractivity contribution is 7.92. The van der Waals surface area contributed by atoms with E-state index in [0.29, 0.717) is 11.8 Å². The van der Waals surface area contributed by atoms with Crippen molar-refractivity contribution in [2.24, 2.45) is 0 Å². The van der Waals surface area contributed by atoms with Crippen molar-refractivity contribution in [1.82, 2.24) is 4.72 Å².